The molecule has 50 heavy (non-hydrogen) atoms. The Kier molecular flexibility index (Phi) is 15.6. The average Bonchev–Trinajstić information content (AvgIpc) is 3.87. The second-order valence-electron chi connectivity index (χ2n) is 12.6. The molecule has 0 amide bonds. The molecule has 0 nitrogen and oxygen atoms in total. The number of halogens is 2. The monoisotopic (exact) mass is 768 g/mol. The number of unbranched alkanes of at least 4 members (excludes halogenated alkanes) is 2. The fourth-order valence-corrected chi connectivity index (χ4v) is 7.47. The molecule has 0 unspecified atom stereocenters. The molecule has 0 spiro atoms. The van der Waals surface area contributed by atoms with Gasteiger partial charge < -0.3 is 24.8 Å². The van der Waals surface area contributed by atoms with Crippen LogP contribution in [-0.2, 0) is 43.5 Å². The summed E-state index contributed by atoms with van der Waals surface area (Å²) in [4.78, 5) is 0. The van der Waals surface area contributed by atoms with E-state index >= 15 is 0 Å². The Balaban J connectivity index is 0.000000190. The van der Waals surface area contributed by atoms with Crippen molar-refractivity contribution in [1.82, 2.24) is 0 Å². The van der Waals surface area contributed by atoms with Crippen LogP contribution in [-0.4, -0.2) is 3.21 Å². The van der Waals surface area contributed by atoms with E-state index in [1.807, 2.05) is 36.4 Å². The van der Waals surface area contributed by atoms with Gasteiger partial charge in [-0.3, -0.25) is 0 Å². The molecular formula is C47H44Cl2Zr-2. The Morgan fingerprint density at radius 2 is 1.16 bits per heavy atom. The summed E-state index contributed by atoms with van der Waals surface area (Å²) in [5.41, 5.74) is 11.3. The van der Waals surface area contributed by atoms with Gasteiger partial charge in [-0.1, -0.05) is 53.9 Å². The van der Waals surface area contributed by atoms with Gasteiger partial charge in [-0.25, -0.2) is 12.1 Å². The van der Waals surface area contributed by atoms with Crippen LogP contribution in [0.15, 0.2) is 146 Å². The van der Waals surface area contributed by atoms with Gasteiger partial charge in [-0.2, -0.15) is 18.2 Å². The van der Waals surface area contributed by atoms with E-state index < -0.39 is 0 Å². The first kappa shape index (κ1) is 39.3. The van der Waals surface area contributed by atoms with E-state index in [1.165, 1.54) is 132 Å². The average molecular weight is 771 g/mol. The predicted octanol–water partition coefficient (Wildman–Crippen LogP) is 6.27. The van der Waals surface area contributed by atoms with Gasteiger partial charge in [0, 0.05) is 0 Å². The van der Waals surface area contributed by atoms with Crippen LogP contribution >= 0.6 is 0 Å². The van der Waals surface area contributed by atoms with Crippen LogP contribution in [0.4, 0.5) is 0 Å². The zero-order chi connectivity index (χ0) is 33.1. The van der Waals surface area contributed by atoms with E-state index in [0.29, 0.717) is 0 Å². The van der Waals surface area contributed by atoms with Crippen LogP contribution in [0.2, 0.25) is 0 Å². The molecule has 0 radical (unpaired) electrons. The van der Waals surface area contributed by atoms with Crippen molar-refractivity contribution in [2.75, 3.05) is 0 Å². The maximum absolute atomic E-state index is 3.48. The molecule has 0 aromatic heterocycles. The summed E-state index contributed by atoms with van der Waals surface area (Å²) in [6.45, 7) is 4.50. The van der Waals surface area contributed by atoms with Crippen molar-refractivity contribution in [2.45, 2.75) is 58.8 Å². The zero-order valence-electron chi connectivity index (χ0n) is 29.1. The van der Waals surface area contributed by atoms with Crippen molar-refractivity contribution in [2.24, 2.45) is 0 Å². The largest absolute Gasteiger partial charge is 1.00 e. The SMILES string of the molecule is CCCCc1ccc([C](=[Zr+2])c2ccc(CCCC)cc2)cc1.[Cl-].[Cl-].[c-]1cccc2c1c1c(c3ccccc32)-c2ccccc2C1.c1cc[cH-]c1. The summed E-state index contributed by atoms with van der Waals surface area (Å²) >= 11 is 1.48. The number of rotatable bonds is 8. The molecule has 0 heterocycles. The summed E-state index contributed by atoms with van der Waals surface area (Å²) in [6, 6.07) is 55.7. The van der Waals surface area contributed by atoms with E-state index in [2.05, 4.69) is 129 Å². The van der Waals surface area contributed by atoms with Gasteiger partial charge in [0.2, 0.25) is 0 Å². The molecule has 7 aromatic rings. The molecule has 1 aliphatic rings. The maximum Gasteiger partial charge on any atom is -0.0240 e. The molecule has 7 aromatic carbocycles. The molecule has 8 rings (SSSR count). The molecule has 0 saturated heterocycles. The molecule has 252 valence electrons. The summed E-state index contributed by atoms with van der Waals surface area (Å²) in [5, 5.41) is 5.30. The molecule has 3 heteroatoms. The molecule has 0 atom stereocenters. The van der Waals surface area contributed by atoms with Crippen LogP contribution in [0.3, 0.4) is 0 Å². The first-order chi connectivity index (χ1) is 23.7. The van der Waals surface area contributed by atoms with E-state index in [4.69, 9.17) is 0 Å². The Bertz CT molecular complexity index is 2000. The van der Waals surface area contributed by atoms with Crippen LogP contribution in [0, 0.1) is 6.07 Å². The second-order valence-corrected chi connectivity index (χ2v) is 13.9. The van der Waals surface area contributed by atoms with E-state index in [0.717, 1.165) is 6.42 Å². The number of hydrogen-bond acceptors (Lipinski definition) is 0. The fraction of sp³-hybridized carbons (Fsp3) is 0.191. The minimum Gasteiger partial charge on any atom is -1.00 e. The maximum atomic E-state index is 3.48. The number of hydrogen-bond donors (Lipinski definition) is 0. The van der Waals surface area contributed by atoms with Crippen molar-refractivity contribution in [1.29, 1.82) is 0 Å². The van der Waals surface area contributed by atoms with Gasteiger partial charge >= 0.3 is 151 Å². The topological polar surface area (TPSA) is 0 Å². The normalized spacial score (nSPS) is 10.8. The predicted molar refractivity (Wildman–Crippen MR) is 204 cm³/mol. The third-order valence-electron chi connectivity index (χ3n) is 9.28. The van der Waals surface area contributed by atoms with Gasteiger partial charge in [0.1, 0.15) is 0 Å². The standard InChI is InChI=1S/C21H13.C21H26.C5H5.2ClH.Zr/c1-2-8-15-14(7-1)13-20-18-11-4-3-9-16(18)17-10-5-6-12-19(17)21(15)20;1-3-5-7-18-9-13-20(14-10-18)17-21-15-11-19(12-16-21)8-6-4-2;1-2-4-5-3-1;;;/h1-10,12H,13H2;9-16H,3-8H2,1-2H3;1-5H;2*1H;/q-1;;-1;;;+2/p-2. The molecule has 0 aliphatic heterocycles. The number of fused-ring (bicyclic) bond motifs is 8. The molecular weight excluding hydrogens is 727 g/mol. The van der Waals surface area contributed by atoms with Crippen molar-refractivity contribution >= 4 is 24.8 Å². The van der Waals surface area contributed by atoms with Crippen molar-refractivity contribution in [3.05, 3.63) is 185 Å². The number of aryl methyl sites for hydroxylation is 2. The van der Waals surface area contributed by atoms with Gasteiger partial charge in [-0.05, 0) is 28.5 Å². The second kappa shape index (κ2) is 19.8. The Morgan fingerprint density at radius 1 is 0.620 bits per heavy atom. The van der Waals surface area contributed by atoms with Gasteiger partial charge in [0.25, 0.3) is 0 Å². The summed E-state index contributed by atoms with van der Waals surface area (Å²) in [6.07, 6.45) is 8.53. The van der Waals surface area contributed by atoms with Crippen LogP contribution in [0.1, 0.15) is 72.9 Å². The third kappa shape index (κ3) is 9.44. The summed E-state index contributed by atoms with van der Waals surface area (Å²) < 4.78 is 1.45. The Morgan fingerprint density at radius 3 is 1.72 bits per heavy atom. The smallest absolute Gasteiger partial charge is 0.0240 e. The van der Waals surface area contributed by atoms with Crippen LogP contribution in [0.25, 0.3) is 32.7 Å². The van der Waals surface area contributed by atoms with Crippen molar-refractivity contribution < 1.29 is 49.0 Å². The quantitative estimate of drug-likeness (QED) is 0.127. The Hall–Kier alpha value is -3.48. The summed E-state index contributed by atoms with van der Waals surface area (Å²) in [7, 11) is 0. The van der Waals surface area contributed by atoms with E-state index in [9.17, 15) is 0 Å². The van der Waals surface area contributed by atoms with Crippen LogP contribution < -0.4 is 24.8 Å². The van der Waals surface area contributed by atoms with Gasteiger partial charge in [0.05, 0.1) is 0 Å². The minimum atomic E-state index is 0. The Labute approximate surface area is 326 Å². The first-order valence-corrected chi connectivity index (χ1v) is 18.8. The third-order valence-corrected chi connectivity index (χ3v) is 10.7. The van der Waals surface area contributed by atoms with Gasteiger partial charge in [0.15, 0.2) is 0 Å². The van der Waals surface area contributed by atoms with Crippen molar-refractivity contribution in [3.63, 3.8) is 0 Å². The minimum absolute atomic E-state index is 0. The van der Waals surface area contributed by atoms with Crippen LogP contribution in [0.5, 0.6) is 0 Å². The van der Waals surface area contributed by atoms with Crippen molar-refractivity contribution in [3.8, 4) is 11.1 Å². The van der Waals surface area contributed by atoms with E-state index in [-0.39, 0.29) is 24.8 Å². The zero-order valence-corrected chi connectivity index (χ0v) is 33.0. The fourth-order valence-electron chi connectivity index (χ4n) is 6.65. The molecule has 0 bridgehead atoms. The number of benzene rings is 6. The van der Waals surface area contributed by atoms with Gasteiger partial charge in [-0.15, -0.1) is 40.6 Å². The molecule has 1 aliphatic carbocycles. The molecule has 0 N–H and O–H groups in total. The summed E-state index contributed by atoms with van der Waals surface area (Å²) in [5.74, 6) is 0. The first-order valence-electron chi connectivity index (χ1n) is 17.5. The molecule has 0 saturated carbocycles. The molecule has 0 fully saturated rings. The van der Waals surface area contributed by atoms with E-state index in [1.54, 1.807) is 0 Å².